The molecule has 0 aliphatic carbocycles. The van der Waals surface area contributed by atoms with E-state index in [0.717, 1.165) is 38.2 Å². The summed E-state index contributed by atoms with van der Waals surface area (Å²) in [6.07, 6.45) is 3.25. The van der Waals surface area contributed by atoms with Crippen molar-refractivity contribution in [1.82, 2.24) is 24.7 Å². The van der Waals surface area contributed by atoms with Crippen molar-refractivity contribution >= 4 is 11.8 Å². The highest BCUT2D eigenvalue weighted by molar-refractivity contribution is 5.88. The first-order chi connectivity index (χ1) is 15.4. The second-order valence-corrected chi connectivity index (χ2v) is 8.66. The Labute approximate surface area is 187 Å². The lowest BCUT2D eigenvalue weighted by molar-refractivity contribution is 0.138. The molecule has 1 aromatic carbocycles. The first-order valence-electron chi connectivity index (χ1n) is 11.1. The Kier molecular flexibility index (Phi) is 6.85. The van der Waals surface area contributed by atoms with Gasteiger partial charge in [0.2, 0.25) is 0 Å². The van der Waals surface area contributed by atoms with Crippen LogP contribution in [-0.2, 0) is 6.54 Å². The zero-order chi connectivity index (χ0) is 22.7. The lowest BCUT2D eigenvalue weighted by atomic mass is 10.1. The summed E-state index contributed by atoms with van der Waals surface area (Å²) in [7, 11) is 0. The molecule has 2 aliphatic rings. The third-order valence-electron chi connectivity index (χ3n) is 6.15. The molecule has 4 rings (SSSR count). The van der Waals surface area contributed by atoms with Gasteiger partial charge in [-0.3, -0.25) is 14.8 Å². The Balaban J connectivity index is 1.40. The minimum absolute atomic E-state index is 0.0562. The van der Waals surface area contributed by atoms with Crippen molar-refractivity contribution in [3.8, 4) is 5.69 Å². The van der Waals surface area contributed by atoms with E-state index in [1.165, 1.54) is 10.1 Å². The van der Waals surface area contributed by atoms with E-state index in [9.17, 15) is 9.59 Å². The van der Waals surface area contributed by atoms with E-state index in [1.54, 1.807) is 17.2 Å². The van der Waals surface area contributed by atoms with E-state index in [2.05, 4.69) is 20.5 Å². The second kappa shape index (κ2) is 9.78. The fourth-order valence-electron chi connectivity index (χ4n) is 4.29. The van der Waals surface area contributed by atoms with E-state index in [1.807, 2.05) is 31.2 Å². The number of urea groups is 1. The third-order valence-corrected chi connectivity index (χ3v) is 6.15. The van der Waals surface area contributed by atoms with Gasteiger partial charge in [-0.25, -0.2) is 9.59 Å². The SMILES string of the molecule is C[C@H]1CNC[C@@H](N)N1C(=O)Nc1ccn(-c2ccc(CN3CCC(N)CC3)cc2)c(=O)n1. The normalized spacial score (nSPS) is 22.7. The lowest BCUT2D eigenvalue weighted by Gasteiger charge is -2.38. The van der Waals surface area contributed by atoms with Crippen molar-refractivity contribution in [2.24, 2.45) is 11.5 Å². The second-order valence-electron chi connectivity index (χ2n) is 8.66. The predicted molar refractivity (Wildman–Crippen MR) is 123 cm³/mol. The number of likely N-dealkylation sites (tertiary alicyclic amines) is 1. The molecule has 10 nitrogen and oxygen atoms in total. The predicted octanol–water partition coefficient (Wildman–Crippen LogP) is 0.266. The largest absolute Gasteiger partial charge is 0.354 e. The first kappa shape index (κ1) is 22.4. The number of anilines is 1. The van der Waals surface area contributed by atoms with Crippen molar-refractivity contribution in [1.29, 1.82) is 0 Å². The molecular weight excluding hydrogens is 408 g/mol. The highest BCUT2D eigenvalue weighted by atomic mass is 16.2. The molecule has 2 amide bonds. The molecule has 6 N–H and O–H groups in total. The van der Waals surface area contributed by atoms with Gasteiger partial charge in [0.25, 0.3) is 0 Å². The average molecular weight is 441 g/mol. The van der Waals surface area contributed by atoms with Gasteiger partial charge in [-0.1, -0.05) is 12.1 Å². The van der Waals surface area contributed by atoms with Crippen molar-refractivity contribution in [2.45, 2.75) is 44.6 Å². The highest BCUT2D eigenvalue weighted by Crippen LogP contribution is 2.15. The first-order valence-corrected chi connectivity index (χ1v) is 11.1. The number of carbonyl (C=O) groups is 1. The van der Waals surface area contributed by atoms with E-state index in [-0.39, 0.29) is 17.9 Å². The van der Waals surface area contributed by atoms with Gasteiger partial charge in [0.05, 0.1) is 11.9 Å². The van der Waals surface area contributed by atoms with Gasteiger partial charge in [-0.15, -0.1) is 0 Å². The molecule has 32 heavy (non-hydrogen) atoms. The average Bonchev–Trinajstić information content (AvgIpc) is 2.76. The quantitative estimate of drug-likeness (QED) is 0.536. The summed E-state index contributed by atoms with van der Waals surface area (Å²) in [5, 5.41) is 5.86. The molecule has 1 aromatic heterocycles. The highest BCUT2D eigenvalue weighted by Gasteiger charge is 2.29. The van der Waals surface area contributed by atoms with Crippen molar-refractivity contribution < 1.29 is 4.79 Å². The maximum absolute atomic E-state index is 12.6. The van der Waals surface area contributed by atoms with E-state index in [0.29, 0.717) is 19.1 Å². The molecule has 2 aliphatic heterocycles. The van der Waals surface area contributed by atoms with Crippen LogP contribution in [-0.4, -0.2) is 69.8 Å². The van der Waals surface area contributed by atoms with Gasteiger partial charge in [0.15, 0.2) is 0 Å². The van der Waals surface area contributed by atoms with Crippen LogP contribution < -0.4 is 27.8 Å². The standard InChI is InChI=1S/C22H32N8O2/c1-15-12-25-13-19(24)30(15)22(32)27-20-8-11-29(21(31)26-20)18-4-2-16(3-5-18)14-28-9-6-17(23)7-10-28/h2-5,8,11,15,17,19,25H,6-7,9-10,12-14,23-24H2,1H3,(H,26,27,31,32)/t15-,19-/m0/s1. The Morgan fingerprint density at radius 2 is 1.88 bits per heavy atom. The number of hydrogen-bond donors (Lipinski definition) is 4. The number of hydrogen-bond acceptors (Lipinski definition) is 7. The van der Waals surface area contributed by atoms with Gasteiger partial charge in [-0.05, 0) is 56.6 Å². The van der Waals surface area contributed by atoms with Crippen LogP contribution in [0.3, 0.4) is 0 Å². The summed E-state index contributed by atoms with van der Waals surface area (Å²) >= 11 is 0. The zero-order valence-electron chi connectivity index (χ0n) is 18.4. The monoisotopic (exact) mass is 440 g/mol. The van der Waals surface area contributed by atoms with Crippen molar-refractivity contribution in [2.75, 3.05) is 31.5 Å². The van der Waals surface area contributed by atoms with E-state index in [4.69, 9.17) is 11.5 Å². The molecule has 0 spiro atoms. The summed E-state index contributed by atoms with van der Waals surface area (Å²) < 4.78 is 1.46. The lowest BCUT2D eigenvalue weighted by Crippen LogP contribution is -2.62. The van der Waals surface area contributed by atoms with Crippen LogP contribution in [0.15, 0.2) is 41.3 Å². The number of nitrogens with two attached hydrogens (primary N) is 2. The summed E-state index contributed by atoms with van der Waals surface area (Å²) in [5.41, 5.74) is 13.5. The molecule has 3 heterocycles. The van der Waals surface area contributed by atoms with Crippen LogP contribution in [0.25, 0.3) is 5.69 Å². The number of benzene rings is 1. The number of rotatable bonds is 4. The molecule has 0 radical (unpaired) electrons. The van der Waals surface area contributed by atoms with Crippen molar-refractivity contribution in [3.63, 3.8) is 0 Å². The van der Waals surface area contributed by atoms with Crippen LogP contribution in [0.1, 0.15) is 25.3 Å². The minimum Gasteiger partial charge on any atom is -0.328 e. The Morgan fingerprint density at radius 3 is 2.53 bits per heavy atom. The van der Waals surface area contributed by atoms with Crippen LogP contribution in [0.5, 0.6) is 0 Å². The number of amides is 2. The molecule has 0 saturated carbocycles. The zero-order valence-corrected chi connectivity index (χ0v) is 18.4. The molecule has 2 aromatic rings. The molecule has 0 unspecified atom stereocenters. The van der Waals surface area contributed by atoms with Gasteiger partial charge >= 0.3 is 11.7 Å². The Hall–Kier alpha value is -2.79. The van der Waals surface area contributed by atoms with Crippen LogP contribution in [0, 0.1) is 0 Å². The molecule has 2 saturated heterocycles. The smallest absolute Gasteiger partial charge is 0.328 e. The van der Waals surface area contributed by atoms with Crippen LogP contribution in [0.2, 0.25) is 0 Å². The maximum Gasteiger partial charge on any atom is 0.354 e. The molecule has 172 valence electrons. The molecule has 2 fully saturated rings. The van der Waals surface area contributed by atoms with E-state index >= 15 is 0 Å². The van der Waals surface area contributed by atoms with Crippen molar-refractivity contribution in [3.05, 3.63) is 52.6 Å². The number of nitrogens with zero attached hydrogens (tertiary/aromatic N) is 4. The van der Waals surface area contributed by atoms with Crippen LogP contribution in [0.4, 0.5) is 10.6 Å². The number of piperidine rings is 1. The summed E-state index contributed by atoms with van der Waals surface area (Å²) in [6, 6.07) is 9.39. The Morgan fingerprint density at radius 1 is 1.16 bits per heavy atom. The minimum atomic E-state index is -0.460. The van der Waals surface area contributed by atoms with Gasteiger partial charge in [-0.2, -0.15) is 4.98 Å². The number of nitrogens with one attached hydrogen (secondary N) is 2. The summed E-state index contributed by atoms with van der Waals surface area (Å²) in [4.78, 5) is 33.2. The fraction of sp³-hybridized carbons (Fsp3) is 0.500. The van der Waals surface area contributed by atoms with Gasteiger partial charge in [0, 0.05) is 37.9 Å². The van der Waals surface area contributed by atoms with E-state index < -0.39 is 11.9 Å². The van der Waals surface area contributed by atoms with Crippen LogP contribution >= 0.6 is 0 Å². The molecular formula is C22H32N8O2. The molecule has 2 atom stereocenters. The maximum atomic E-state index is 12.6. The number of carbonyl (C=O) groups excluding carboxylic acids is 1. The molecule has 10 heteroatoms. The number of piperazine rings is 1. The summed E-state index contributed by atoms with van der Waals surface area (Å²) in [5.74, 6) is 0.203. The topological polar surface area (TPSA) is 135 Å². The third kappa shape index (κ3) is 5.16. The van der Waals surface area contributed by atoms with Gasteiger partial charge in [0.1, 0.15) is 5.82 Å². The van der Waals surface area contributed by atoms with Gasteiger partial charge < -0.3 is 21.7 Å². The summed E-state index contributed by atoms with van der Waals surface area (Å²) in [6.45, 7) is 6.00. The number of aromatic nitrogens is 2. The Bertz CT molecular complexity index is 974. The fourth-order valence-corrected chi connectivity index (χ4v) is 4.29. The molecule has 0 bridgehead atoms.